The molecule has 1 N–H and O–H groups in total. The minimum Gasteiger partial charge on any atom is -0.394 e. The molecule has 44 valence electrons. The van der Waals surface area contributed by atoms with E-state index >= 15 is 0 Å². The molecule has 0 aliphatic heterocycles. The fraction of sp³-hybridized carbons (Fsp3) is 0.600. The minimum absolute atomic E-state index is 0.167. The van der Waals surface area contributed by atoms with Gasteiger partial charge in [-0.3, -0.25) is 0 Å². The highest BCUT2D eigenvalue weighted by molar-refractivity contribution is 6.16. The van der Waals surface area contributed by atoms with Gasteiger partial charge in [0.2, 0.25) is 0 Å². The molecule has 1 nitrogen and oxygen atoms in total. The van der Waals surface area contributed by atoms with Crippen molar-refractivity contribution in [1.29, 1.82) is 0 Å². The smallest absolute Gasteiger partial charge is 0.0483 e. The van der Waals surface area contributed by atoms with E-state index in [4.69, 9.17) is 5.11 Å². The summed E-state index contributed by atoms with van der Waals surface area (Å²) >= 11 is 0. The maximum absolute atomic E-state index is 8.06. The van der Waals surface area contributed by atoms with Crippen LogP contribution in [0, 0.1) is 0 Å². The summed E-state index contributed by atoms with van der Waals surface area (Å²) in [6.45, 7) is 6.87. The molecule has 0 fully saturated rings. The third-order valence-corrected chi connectivity index (χ3v) is 0. The lowest BCUT2D eigenvalue weighted by atomic mass is 10.5. The van der Waals surface area contributed by atoms with Crippen LogP contribution >= 0.6 is 0 Å². The van der Waals surface area contributed by atoms with Gasteiger partial charge in [0, 0.05) is 16.3 Å². The standard InChI is InChI=1S/C3H8O.C2H6Si/c1-3(2)4;1-2-3/h3-4H,1-2H3;2H,1H2,3H3. The van der Waals surface area contributed by atoms with E-state index in [9.17, 15) is 0 Å². The van der Waals surface area contributed by atoms with Gasteiger partial charge in [0.25, 0.3) is 0 Å². The Kier molecular flexibility index (Phi) is 13.3. The molecule has 0 heterocycles. The third-order valence-electron chi connectivity index (χ3n) is 0. The normalized spacial score (nSPS) is 7.43. The van der Waals surface area contributed by atoms with Crippen LogP contribution in [0.4, 0.5) is 0 Å². The molecule has 2 heteroatoms. The van der Waals surface area contributed by atoms with Crippen LogP contribution in [-0.2, 0) is 0 Å². The SMILES string of the molecule is C=C[SiH3].CC(C)O. The molecule has 0 atom stereocenters. The van der Waals surface area contributed by atoms with Gasteiger partial charge < -0.3 is 5.11 Å². The lowest BCUT2D eigenvalue weighted by Gasteiger charge is -1.80. The maximum atomic E-state index is 8.06. The van der Waals surface area contributed by atoms with Gasteiger partial charge in [-0.25, -0.2) is 0 Å². The van der Waals surface area contributed by atoms with Gasteiger partial charge in [0.1, 0.15) is 0 Å². The van der Waals surface area contributed by atoms with E-state index < -0.39 is 0 Å². The van der Waals surface area contributed by atoms with Gasteiger partial charge in [0.15, 0.2) is 0 Å². The monoisotopic (exact) mass is 118 g/mol. The van der Waals surface area contributed by atoms with Crippen molar-refractivity contribution in [3.8, 4) is 0 Å². The summed E-state index contributed by atoms with van der Waals surface area (Å²) in [4.78, 5) is 0. The first-order valence-electron chi connectivity index (χ1n) is 2.40. The van der Waals surface area contributed by atoms with Crippen LogP contribution in [0.1, 0.15) is 13.8 Å². The zero-order chi connectivity index (χ0) is 6.28. The fourth-order valence-electron chi connectivity index (χ4n) is 0. The molecule has 0 aliphatic rings. The molecule has 0 radical (unpaired) electrons. The summed E-state index contributed by atoms with van der Waals surface area (Å²) in [5.41, 5.74) is 1.89. The summed E-state index contributed by atoms with van der Waals surface area (Å²) in [7, 11) is 1.13. The van der Waals surface area contributed by atoms with Crippen molar-refractivity contribution in [2.75, 3.05) is 0 Å². The molecular formula is C5H14OSi. The molecule has 0 aliphatic carbocycles. The number of aliphatic hydroxyl groups is 1. The third kappa shape index (κ3) is 13100. The Labute approximate surface area is 48.5 Å². The van der Waals surface area contributed by atoms with Crippen LogP contribution < -0.4 is 0 Å². The predicted molar refractivity (Wildman–Crippen MR) is 37.5 cm³/mol. The zero-order valence-corrected chi connectivity index (χ0v) is 7.31. The molecule has 0 spiro atoms. The highest BCUT2D eigenvalue weighted by Crippen LogP contribution is 1.65. The van der Waals surface area contributed by atoms with Crippen LogP contribution in [0.2, 0.25) is 0 Å². The lowest BCUT2D eigenvalue weighted by Crippen LogP contribution is -1.85. The summed E-state index contributed by atoms with van der Waals surface area (Å²) in [5, 5.41) is 8.06. The Morgan fingerprint density at radius 1 is 1.71 bits per heavy atom. The Hall–Kier alpha value is -0.0831. The summed E-state index contributed by atoms with van der Waals surface area (Å²) in [6.07, 6.45) is -0.167. The predicted octanol–water partition coefficient (Wildman–Crippen LogP) is -0.118. The van der Waals surface area contributed by atoms with Crippen molar-refractivity contribution in [2.24, 2.45) is 0 Å². The zero-order valence-electron chi connectivity index (χ0n) is 5.31. The Morgan fingerprint density at radius 2 is 1.71 bits per heavy atom. The van der Waals surface area contributed by atoms with Crippen molar-refractivity contribution >= 4 is 10.2 Å². The van der Waals surface area contributed by atoms with Gasteiger partial charge in [-0.15, -0.1) is 12.3 Å². The van der Waals surface area contributed by atoms with E-state index in [1.807, 2.05) is 5.70 Å². The number of hydrogen-bond acceptors (Lipinski definition) is 1. The van der Waals surface area contributed by atoms with Gasteiger partial charge >= 0.3 is 0 Å². The first-order valence-corrected chi connectivity index (χ1v) is 3.55. The van der Waals surface area contributed by atoms with Gasteiger partial charge in [-0.2, -0.15) is 0 Å². The van der Waals surface area contributed by atoms with Crippen LogP contribution in [0.3, 0.4) is 0 Å². The summed E-state index contributed by atoms with van der Waals surface area (Å²) < 4.78 is 0. The molecule has 0 unspecified atom stereocenters. The largest absolute Gasteiger partial charge is 0.394 e. The molecule has 7 heavy (non-hydrogen) atoms. The lowest BCUT2D eigenvalue weighted by molar-refractivity contribution is 0.216. The van der Waals surface area contributed by atoms with E-state index in [2.05, 4.69) is 6.58 Å². The van der Waals surface area contributed by atoms with Crippen LogP contribution in [0.25, 0.3) is 0 Å². The van der Waals surface area contributed by atoms with E-state index in [0.717, 1.165) is 10.2 Å². The maximum Gasteiger partial charge on any atom is 0.0483 e. The molecule has 0 saturated carbocycles. The first-order chi connectivity index (χ1) is 3.15. The Bertz CT molecular complexity index is 32.3. The fourth-order valence-corrected chi connectivity index (χ4v) is 0. The minimum atomic E-state index is -0.167. The highest BCUT2D eigenvalue weighted by Gasteiger charge is 1.69. The molecule has 0 saturated heterocycles. The van der Waals surface area contributed by atoms with Crippen molar-refractivity contribution in [3.63, 3.8) is 0 Å². The summed E-state index contributed by atoms with van der Waals surface area (Å²) in [6, 6.07) is 0. The summed E-state index contributed by atoms with van der Waals surface area (Å²) in [5.74, 6) is 0. The van der Waals surface area contributed by atoms with Crippen LogP contribution in [0.5, 0.6) is 0 Å². The van der Waals surface area contributed by atoms with E-state index in [0.29, 0.717) is 0 Å². The van der Waals surface area contributed by atoms with Crippen LogP contribution in [0.15, 0.2) is 12.3 Å². The number of hydrogen-bond donors (Lipinski definition) is 1. The second-order valence-electron chi connectivity index (χ2n) is 1.50. The van der Waals surface area contributed by atoms with Crippen molar-refractivity contribution in [1.82, 2.24) is 0 Å². The number of aliphatic hydroxyl groups excluding tert-OH is 1. The second-order valence-corrected chi connectivity index (χ2v) is 2.32. The quantitative estimate of drug-likeness (QED) is 0.440. The average Bonchev–Trinajstić information content (AvgIpc) is 1.33. The van der Waals surface area contributed by atoms with E-state index in [1.54, 1.807) is 13.8 Å². The van der Waals surface area contributed by atoms with E-state index in [1.165, 1.54) is 0 Å². The average molecular weight is 118 g/mol. The van der Waals surface area contributed by atoms with Gasteiger partial charge in [-0.05, 0) is 13.8 Å². The Morgan fingerprint density at radius 3 is 1.71 bits per heavy atom. The number of rotatable bonds is 0. The van der Waals surface area contributed by atoms with Gasteiger partial charge in [0.05, 0.1) is 0 Å². The second kappa shape index (κ2) is 9.32. The molecular weight excluding hydrogens is 104 g/mol. The molecule has 0 amide bonds. The topological polar surface area (TPSA) is 20.2 Å². The van der Waals surface area contributed by atoms with Crippen molar-refractivity contribution in [3.05, 3.63) is 12.3 Å². The van der Waals surface area contributed by atoms with E-state index in [-0.39, 0.29) is 6.10 Å². The molecule has 0 rings (SSSR count). The van der Waals surface area contributed by atoms with Crippen LogP contribution in [-0.4, -0.2) is 21.5 Å². The molecule has 0 aromatic rings. The molecule has 0 aromatic heterocycles. The molecule has 0 bridgehead atoms. The Balaban J connectivity index is 0. The van der Waals surface area contributed by atoms with Crippen molar-refractivity contribution in [2.45, 2.75) is 20.0 Å². The van der Waals surface area contributed by atoms with Gasteiger partial charge in [-0.1, -0.05) is 0 Å². The highest BCUT2D eigenvalue weighted by atomic mass is 28.1. The molecule has 0 aromatic carbocycles. The first kappa shape index (κ1) is 10.0. The van der Waals surface area contributed by atoms with Crippen molar-refractivity contribution < 1.29 is 5.11 Å².